The van der Waals surface area contributed by atoms with Crippen molar-refractivity contribution in [1.29, 1.82) is 0 Å². The molecule has 3 heteroatoms. The molecule has 0 aromatic heterocycles. The molecule has 2 unspecified atom stereocenters. The van der Waals surface area contributed by atoms with Gasteiger partial charge >= 0.3 is 0 Å². The largest absolute Gasteiger partial charge is 0.328 e. The van der Waals surface area contributed by atoms with Crippen LogP contribution in [-0.2, 0) is 0 Å². The van der Waals surface area contributed by atoms with E-state index in [1.807, 2.05) is 12.2 Å². The van der Waals surface area contributed by atoms with Gasteiger partial charge in [0.1, 0.15) is 0 Å². The Morgan fingerprint density at radius 2 is 1.60 bits per heavy atom. The Labute approximate surface area is 91.6 Å². The molecule has 0 amide bonds. The average molecular weight is 207 g/mol. The Bertz CT molecular complexity index is 252. The molecule has 5 N–H and O–H groups in total. The summed E-state index contributed by atoms with van der Waals surface area (Å²) < 4.78 is 0. The fraction of sp³-hybridized carbons (Fsp3) is 0.667. The highest BCUT2D eigenvalue weighted by Crippen LogP contribution is 2.18. The van der Waals surface area contributed by atoms with Crippen molar-refractivity contribution >= 4 is 0 Å². The summed E-state index contributed by atoms with van der Waals surface area (Å²) in [6, 6.07) is 1.43. The zero-order chi connectivity index (χ0) is 10.7. The SMILES string of the molecule is NC1C=CC=CC1N[C@H]1CC[C@H](N)CC1. The molecule has 1 saturated carbocycles. The quantitative estimate of drug-likeness (QED) is 0.623. The second kappa shape index (κ2) is 4.92. The standard InChI is InChI=1S/C12H21N3/c13-9-5-7-10(8-6-9)15-12-4-2-1-3-11(12)14/h1-4,9-12,15H,5-8,13-14H2/t9-,10-,11?,12?. The molecule has 0 bridgehead atoms. The summed E-state index contributed by atoms with van der Waals surface area (Å²) in [5, 5.41) is 3.61. The van der Waals surface area contributed by atoms with Crippen LogP contribution in [0.25, 0.3) is 0 Å². The molecule has 2 aliphatic rings. The van der Waals surface area contributed by atoms with Crippen molar-refractivity contribution in [3.63, 3.8) is 0 Å². The van der Waals surface area contributed by atoms with Crippen LogP contribution < -0.4 is 16.8 Å². The van der Waals surface area contributed by atoms with Crippen molar-refractivity contribution in [3.8, 4) is 0 Å². The van der Waals surface area contributed by atoms with Gasteiger partial charge in [0.25, 0.3) is 0 Å². The monoisotopic (exact) mass is 207 g/mol. The van der Waals surface area contributed by atoms with Crippen LogP contribution in [0.1, 0.15) is 25.7 Å². The first kappa shape index (κ1) is 10.9. The van der Waals surface area contributed by atoms with E-state index in [1.54, 1.807) is 0 Å². The summed E-state index contributed by atoms with van der Waals surface area (Å²) in [6.45, 7) is 0. The summed E-state index contributed by atoms with van der Waals surface area (Å²) in [5.74, 6) is 0. The molecule has 3 nitrogen and oxygen atoms in total. The highest BCUT2D eigenvalue weighted by Gasteiger charge is 2.22. The third-order valence-electron chi connectivity index (χ3n) is 3.38. The van der Waals surface area contributed by atoms with Gasteiger partial charge in [-0.05, 0) is 25.7 Å². The Morgan fingerprint density at radius 3 is 2.27 bits per heavy atom. The van der Waals surface area contributed by atoms with E-state index < -0.39 is 0 Å². The molecule has 84 valence electrons. The number of hydrogen-bond donors (Lipinski definition) is 3. The zero-order valence-electron chi connectivity index (χ0n) is 9.10. The molecule has 0 aromatic rings. The maximum atomic E-state index is 6.00. The van der Waals surface area contributed by atoms with Crippen LogP contribution in [0.15, 0.2) is 24.3 Å². The van der Waals surface area contributed by atoms with Gasteiger partial charge in [-0.15, -0.1) is 0 Å². The molecule has 0 aliphatic heterocycles. The van der Waals surface area contributed by atoms with Gasteiger partial charge in [0, 0.05) is 24.2 Å². The first-order chi connectivity index (χ1) is 7.25. The third-order valence-corrected chi connectivity index (χ3v) is 3.38. The van der Waals surface area contributed by atoms with E-state index in [0.29, 0.717) is 18.1 Å². The maximum Gasteiger partial charge on any atom is 0.0445 e. The smallest absolute Gasteiger partial charge is 0.0445 e. The summed E-state index contributed by atoms with van der Waals surface area (Å²) in [6.07, 6.45) is 12.9. The first-order valence-corrected chi connectivity index (χ1v) is 5.88. The molecule has 2 atom stereocenters. The number of allylic oxidation sites excluding steroid dienone is 2. The van der Waals surface area contributed by atoms with E-state index in [1.165, 1.54) is 12.8 Å². The molecule has 0 heterocycles. The van der Waals surface area contributed by atoms with E-state index in [9.17, 15) is 0 Å². The Balaban J connectivity index is 1.81. The van der Waals surface area contributed by atoms with Crippen molar-refractivity contribution < 1.29 is 0 Å². The van der Waals surface area contributed by atoms with Crippen LogP contribution in [0.3, 0.4) is 0 Å². The van der Waals surface area contributed by atoms with Crippen LogP contribution in [-0.4, -0.2) is 24.2 Å². The van der Waals surface area contributed by atoms with Crippen molar-refractivity contribution in [1.82, 2.24) is 5.32 Å². The topological polar surface area (TPSA) is 64.1 Å². The van der Waals surface area contributed by atoms with Crippen LogP contribution in [0, 0.1) is 0 Å². The lowest BCUT2D eigenvalue weighted by molar-refractivity contribution is 0.322. The minimum Gasteiger partial charge on any atom is -0.328 e. The van der Waals surface area contributed by atoms with Gasteiger partial charge in [-0.25, -0.2) is 0 Å². The molecule has 0 spiro atoms. The first-order valence-electron chi connectivity index (χ1n) is 5.88. The molecule has 0 saturated heterocycles. The van der Waals surface area contributed by atoms with Gasteiger partial charge in [-0.2, -0.15) is 0 Å². The molecule has 1 fully saturated rings. The molecular weight excluding hydrogens is 186 g/mol. The zero-order valence-corrected chi connectivity index (χ0v) is 9.10. The highest BCUT2D eigenvalue weighted by molar-refractivity contribution is 5.19. The van der Waals surface area contributed by atoms with Crippen LogP contribution >= 0.6 is 0 Å². The van der Waals surface area contributed by atoms with Crippen molar-refractivity contribution in [2.24, 2.45) is 11.5 Å². The van der Waals surface area contributed by atoms with Crippen LogP contribution in [0.5, 0.6) is 0 Å². The van der Waals surface area contributed by atoms with E-state index in [4.69, 9.17) is 11.5 Å². The van der Waals surface area contributed by atoms with Crippen LogP contribution in [0.2, 0.25) is 0 Å². The second-order valence-corrected chi connectivity index (χ2v) is 4.65. The lowest BCUT2D eigenvalue weighted by Crippen LogP contribution is -2.49. The van der Waals surface area contributed by atoms with E-state index in [0.717, 1.165) is 12.8 Å². The summed E-state index contributed by atoms with van der Waals surface area (Å²) >= 11 is 0. The second-order valence-electron chi connectivity index (χ2n) is 4.65. The van der Waals surface area contributed by atoms with Gasteiger partial charge in [0.15, 0.2) is 0 Å². The molecular formula is C12H21N3. The number of nitrogens with two attached hydrogens (primary N) is 2. The number of nitrogens with one attached hydrogen (secondary N) is 1. The summed E-state index contributed by atoms with van der Waals surface area (Å²) in [7, 11) is 0. The fourth-order valence-electron chi connectivity index (χ4n) is 2.35. The van der Waals surface area contributed by atoms with Crippen molar-refractivity contribution in [2.75, 3.05) is 0 Å². The Morgan fingerprint density at radius 1 is 0.933 bits per heavy atom. The predicted molar refractivity (Wildman–Crippen MR) is 63.4 cm³/mol. The lowest BCUT2D eigenvalue weighted by atomic mass is 9.90. The Hall–Kier alpha value is -0.640. The minimum absolute atomic E-state index is 0.116. The fourth-order valence-corrected chi connectivity index (χ4v) is 2.35. The van der Waals surface area contributed by atoms with Crippen LogP contribution in [0.4, 0.5) is 0 Å². The normalized spacial score (nSPS) is 40.7. The molecule has 15 heavy (non-hydrogen) atoms. The Kier molecular flexibility index (Phi) is 3.57. The van der Waals surface area contributed by atoms with Gasteiger partial charge in [0.2, 0.25) is 0 Å². The highest BCUT2D eigenvalue weighted by atomic mass is 15.0. The predicted octanol–water partition coefficient (Wildman–Crippen LogP) is 0.668. The molecule has 2 aliphatic carbocycles. The van der Waals surface area contributed by atoms with Gasteiger partial charge < -0.3 is 16.8 Å². The number of rotatable bonds is 2. The van der Waals surface area contributed by atoms with Crippen molar-refractivity contribution in [3.05, 3.63) is 24.3 Å². The summed E-state index contributed by atoms with van der Waals surface area (Å²) in [5.41, 5.74) is 11.9. The van der Waals surface area contributed by atoms with Gasteiger partial charge in [-0.1, -0.05) is 24.3 Å². The van der Waals surface area contributed by atoms with E-state index in [-0.39, 0.29) is 6.04 Å². The van der Waals surface area contributed by atoms with E-state index in [2.05, 4.69) is 17.5 Å². The van der Waals surface area contributed by atoms with Crippen molar-refractivity contribution in [2.45, 2.75) is 49.9 Å². The minimum atomic E-state index is 0.116. The summed E-state index contributed by atoms with van der Waals surface area (Å²) in [4.78, 5) is 0. The molecule has 0 radical (unpaired) electrons. The maximum absolute atomic E-state index is 6.00. The van der Waals surface area contributed by atoms with Gasteiger partial charge in [0.05, 0.1) is 0 Å². The number of hydrogen-bond acceptors (Lipinski definition) is 3. The van der Waals surface area contributed by atoms with E-state index >= 15 is 0 Å². The third kappa shape index (κ3) is 2.91. The molecule has 2 rings (SSSR count). The van der Waals surface area contributed by atoms with Gasteiger partial charge in [-0.3, -0.25) is 0 Å². The molecule has 0 aromatic carbocycles. The lowest BCUT2D eigenvalue weighted by Gasteiger charge is -2.32. The average Bonchev–Trinajstić information content (AvgIpc) is 2.25.